The highest BCUT2D eigenvalue weighted by Gasteiger charge is 2.24. The third kappa shape index (κ3) is 10.4. The summed E-state index contributed by atoms with van der Waals surface area (Å²) >= 11 is 0. The molecule has 6 aromatic carbocycles. The zero-order valence-electron chi connectivity index (χ0n) is 32.1. The van der Waals surface area contributed by atoms with Crippen LogP contribution >= 0.6 is 0 Å². The molecular weight excluding hydrogens is 965 g/mol. The summed E-state index contributed by atoms with van der Waals surface area (Å²) in [5, 5.41) is 47.9. The van der Waals surface area contributed by atoms with Gasteiger partial charge in [0.25, 0.3) is 52.3 Å². The van der Waals surface area contributed by atoms with Crippen LogP contribution in [0.3, 0.4) is 0 Å². The summed E-state index contributed by atoms with van der Waals surface area (Å²) in [6.07, 6.45) is 0. The number of benzene rings is 6. The van der Waals surface area contributed by atoms with Gasteiger partial charge >= 0.3 is 18.0 Å². The molecule has 0 heterocycles. The van der Waals surface area contributed by atoms with Crippen LogP contribution in [0.4, 0.5) is 27.5 Å². The number of aromatic carboxylic acids is 2. The van der Waals surface area contributed by atoms with Crippen molar-refractivity contribution in [1.82, 2.24) is 0 Å². The molecule has 0 aliphatic rings. The summed E-state index contributed by atoms with van der Waals surface area (Å²) in [6.45, 7) is 0. The minimum Gasteiger partial charge on any atom is -0.507 e. The number of fused-ring (bicyclic) bond motifs is 2. The second-order valence-electron chi connectivity index (χ2n) is 13.6. The molecule has 0 bridgehead atoms. The molecule has 29 heteroatoms. The Kier molecular flexibility index (Phi) is 12.3. The van der Waals surface area contributed by atoms with E-state index in [1.54, 1.807) is 0 Å². The van der Waals surface area contributed by atoms with E-state index in [1.807, 2.05) is 0 Å². The van der Waals surface area contributed by atoms with Crippen molar-refractivity contribution in [2.45, 2.75) is 19.6 Å². The number of urea groups is 1. The van der Waals surface area contributed by atoms with Crippen molar-refractivity contribution in [1.29, 1.82) is 0 Å². The van der Waals surface area contributed by atoms with Crippen molar-refractivity contribution >= 4 is 115 Å². The van der Waals surface area contributed by atoms with Gasteiger partial charge in [-0.1, -0.05) is 0 Å². The van der Waals surface area contributed by atoms with Crippen molar-refractivity contribution in [2.75, 3.05) is 21.3 Å². The average molecular weight is 991 g/mol. The molecule has 6 rings (SSSR count). The van der Waals surface area contributed by atoms with Gasteiger partial charge in [-0.25, -0.2) is 14.4 Å². The quantitative estimate of drug-likeness (QED) is 0.0772. The molecule has 4 amide bonds. The first kappa shape index (κ1) is 47.7. The molecule has 0 atom stereocenters. The number of phenols is 2. The van der Waals surface area contributed by atoms with Crippen LogP contribution < -0.4 is 21.3 Å². The topological polar surface area (TPSA) is 432 Å². The molecule has 344 valence electrons. The largest absolute Gasteiger partial charge is 0.507 e. The molecule has 0 saturated heterocycles. The van der Waals surface area contributed by atoms with Gasteiger partial charge in [-0.2, -0.15) is 33.7 Å². The van der Waals surface area contributed by atoms with Crippen LogP contribution in [0, 0.1) is 0 Å². The maximum absolute atomic E-state index is 13.6. The van der Waals surface area contributed by atoms with Crippen molar-refractivity contribution in [3.63, 3.8) is 0 Å². The van der Waals surface area contributed by atoms with E-state index in [1.165, 1.54) is 0 Å². The lowest BCUT2D eigenvalue weighted by molar-refractivity contribution is 0.0686. The van der Waals surface area contributed by atoms with E-state index in [2.05, 4.69) is 21.3 Å². The third-order valence-electron chi connectivity index (χ3n) is 9.04. The van der Waals surface area contributed by atoms with E-state index in [4.69, 9.17) is 0 Å². The van der Waals surface area contributed by atoms with Crippen LogP contribution in [0.5, 0.6) is 11.5 Å². The van der Waals surface area contributed by atoms with Crippen molar-refractivity contribution in [3.8, 4) is 11.5 Å². The molecule has 0 saturated carbocycles. The van der Waals surface area contributed by atoms with Crippen molar-refractivity contribution in [2.24, 2.45) is 0 Å². The van der Waals surface area contributed by atoms with E-state index in [-0.39, 0.29) is 0 Å². The Morgan fingerprint density at radius 3 is 0.955 bits per heavy atom. The maximum atomic E-state index is 13.6. The highest BCUT2D eigenvalue weighted by molar-refractivity contribution is 7.86. The fourth-order valence-electron chi connectivity index (χ4n) is 6.26. The first-order valence-corrected chi connectivity index (χ1v) is 23.1. The van der Waals surface area contributed by atoms with Crippen LogP contribution in [0.2, 0.25) is 0 Å². The van der Waals surface area contributed by atoms with Crippen LogP contribution in [-0.2, 0) is 40.5 Å². The van der Waals surface area contributed by atoms with E-state index in [9.17, 15) is 96.3 Å². The van der Waals surface area contributed by atoms with Gasteiger partial charge in [-0.15, -0.1) is 0 Å². The minimum atomic E-state index is -5.09. The number of carboxylic acids is 2. The number of nitrogens with one attached hydrogen (secondary N) is 4. The maximum Gasteiger partial charge on any atom is 0.335 e. The number of anilines is 4. The summed E-state index contributed by atoms with van der Waals surface area (Å²) < 4.78 is 134. The lowest BCUT2D eigenvalue weighted by Crippen LogP contribution is -2.21. The van der Waals surface area contributed by atoms with Gasteiger partial charge < -0.3 is 41.7 Å². The molecule has 0 radical (unpaired) electrons. The van der Waals surface area contributed by atoms with Gasteiger partial charge in [-0.05, 0) is 83.6 Å². The summed E-state index contributed by atoms with van der Waals surface area (Å²) in [4.78, 5) is 60.8. The van der Waals surface area contributed by atoms with E-state index >= 15 is 0 Å². The standard InChI is InChI=1S/C37H26N4O21S4/c42-29-13-25(65(57,58)59)9-15-7-23(63(51,52)53)11-27(31(15)29)40-33(44)17-1-19(35(46)47)5-21(3-17)38-37(50)39-22-4-18(2-20(6-22)36(48)49)34(45)41-28-12-24(64(54,55)56)8-16-10-26(66(60,61)62)14-30(43)32(16)28/h1-14,42-43H,(H,40,44)(H,41,45)(H,46,47)(H,48,49)(H2,38,39,50)(H,51,52,53)(H,54,55,56)(H,57,58,59)(H,60,61,62). The number of phenolic OH excluding ortho intramolecular Hbond substituents is 2. The van der Waals surface area contributed by atoms with Crippen LogP contribution in [0.15, 0.2) is 105 Å². The zero-order valence-corrected chi connectivity index (χ0v) is 35.4. The lowest BCUT2D eigenvalue weighted by atomic mass is 10.1. The monoisotopic (exact) mass is 990 g/mol. The van der Waals surface area contributed by atoms with E-state index < -0.39 is 168 Å². The molecule has 0 aromatic heterocycles. The van der Waals surface area contributed by atoms with Crippen molar-refractivity contribution < 1.29 is 96.3 Å². The fourth-order valence-corrected chi connectivity index (χ4v) is 8.42. The molecule has 0 aliphatic carbocycles. The fraction of sp³-hybridized carbons (Fsp3) is 0. The molecule has 0 aliphatic heterocycles. The molecular formula is C37H26N4O21S4. The normalized spacial score (nSPS) is 12.1. The van der Waals surface area contributed by atoms with Crippen LogP contribution in [0.25, 0.3) is 21.5 Å². The molecule has 0 fully saturated rings. The summed E-state index contributed by atoms with van der Waals surface area (Å²) in [5.41, 5.74) is -4.48. The van der Waals surface area contributed by atoms with Gasteiger partial charge in [0.15, 0.2) is 0 Å². The number of hydrogen-bond donors (Lipinski definition) is 12. The zero-order chi connectivity index (χ0) is 49.0. The third-order valence-corrected chi connectivity index (χ3v) is 12.4. The average Bonchev–Trinajstić information content (AvgIpc) is 3.18. The Bertz CT molecular complexity index is 3390. The first-order chi connectivity index (χ1) is 30.4. The predicted molar refractivity (Wildman–Crippen MR) is 226 cm³/mol. The van der Waals surface area contributed by atoms with Crippen molar-refractivity contribution in [3.05, 3.63) is 107 Å². The second kappa shape index (κ2) is 17.0. The lowest BCUT2D eigenvalue weighted by Gasteiger charge is -2.15. The Labute approximate surface area is 368 Å². The van der Waals surface area contributed by atoms with Gasteiger partial charge in [0.05, 0.1) is 42.1 Å². The molecule has 0 spiro atoms. The van der Waals surface area contributed by atoms with E-state index in [0.717, 1.165) is 36.4 Å². The first-order valence-electron chi connectivity index (χ1n) is 17.4. The highest BCUT2D eigenvalue weighted by atomic mass is 32.2. The molecule has 12 N–H and O–H groups in total. The Morgan fingerprint density at radius 2 is 0.667 bits per heavy atom. The van der Waals surface area contributed by atoms with E-state index in [0.29, 0.717) is 48.5 Å². The van der Waals surface area contributed by atoms with Gasteiger partial charge in [0.1, 0.15) is 11.5 Å². The summed E-state index contributed by atoms with van der Waals surface area (Å²) in [6, 6.07) is 9.00. The second-order valence-corrected chi connectivity index (χ2v) is 19.3. The SMILES string of the molecule is O=C(Nc1cc(C(=O)O)cc(C(=O)Nc2cc(S(=O)(=O)O)cc3cc(S(=O)(=O)O)cc(O)c23)c1)Nc1cc(C(=O)O)cc(C(=O)Nc2cc(S(=O)(=O)O)cc3cc(S(=O)(=O)O)cc(O)c23)c1. The number of carbonyl (C=O) groups is 5. The molecule has 25 nitrogen and oxygen atoms in total. The number of amides is 4. The number of carboxylic acid groups (broad SMARTS) is 2. The summed E-state index contributed by atoms with van der Waals surface area (Å²) in [5.74, 6) is -7.65. The van der Waals surface area contributed by atoms with Gasteiger partial charge in [0, 0.05) is 45.4 Å². The number of rotatable bonds is 12. The molecule has 0 unspecified atom stereocenters. The smallest absolute Gasteiger partial charge is 0.335 e. The van der Waals surface area contributed by atoms with Crippen LogP contribution in [0.1, 0.15) is 41.4 Å². The number of carbonyl (C=O) groups excluding carboxylic acids is 3. The predicted octanol–water partition coefficient (Wildman–Crippen LogP) is 3.94. The van der Waals surface area contributed by atoms with Gasteiger partial charge in [0.2, 0.25) is 0 Å². The summed E-state index contributed by atoms with van der Waals surface area (Å²) in [7, 11) is -20.1. The Hall–Kier alpha value is -7.77. The molecule has 6 aromatic rings. The number of hydrogen-bond acceptors (Lipinski definition) is 15. The minimum absolute atomic E-state index is 0.417. The van der Waals surface area contributed by atoms with Gasteiger partial charge in [-0.3, -0.25) is 27.8 Å². The highest BCUT2D eigenvalue weighted by Crippen LogP contribution is 2.39. The Morgan fingerprint density at radius 1 is 0.379 bits per heavy atom. The Balaban J connectivity index is 1.32. The van der Waals surface area contributed by atoms with Crippen LogP contribution in [-0.4, -0.2) is 102 Å². The number of aromatic hydroxyl groups is 2. The molecule has 66 heavy (non-hydrogen) atoms.